The number of hydrogen-bond acceptors (Lipinski definition) is 3. The summed E-state index contributed by atoms with van der Waals surface area (Å²) in [6.45, 7) is 1.47. The Balaban J connectivity index is 1.46. The number of imide groups is 1. The summed E-state index contributed by atoms with van der Waals surface area (Å²) in [7, 11) is 0. The van der Waals surface area contributed by atoms with Gasteiger partial charge in [0.15, 0.2) is 0 Å². The van der Waals surface area contributed by atoms with E-state index in [4.69, 9.17) is 0 Å². The lowest BCUT2D eigenvalue weighted by Gasteiger charge is -2.34. The van der Waals surface area contributed by atoms with Crippen molar-refractivity contribution in [3.05, 3.63) is 35.9 Å². The van der Waals surface area contributed by atoms with Crippen molar-refractivity contribution in [1.82, 2.24) is 9.80 Å². The minimum absolute atomic E-state index is 0.0439. The van der Waals surface area contributed by atoms with Crippen LogP contribution in [-0.2, 0) is 20.8 Å². The summed E-state index contributed by atoms with van der Waals surface area (Å²) < 4.78 is 0. The maximum absolute atomic E-state index is 13.5. The smallest absolute Gasteiger partial charge is 0.246 e. The molecule has 0 aromatic heterocycles. The maximum Gasteiger partial charge on any atom is 0.246 e. The van der Waals surface area contributed by atoms with E-state index in [2.05, 4.69) is 0 Å². The molecule has 4 fully saturated rings. The zero-order chi connectivity index (χ0) is 19.3. The largest absolute Gasteiger partial charge is 0.341 e. The molecule has 5 rings (SSSR count). The number of piperidine rings is 1. The Kier molecular flexibility index (Phi) is 4.48. The Labute approximate surface area is 166 Å². The zero-order valence-electron chi connectivity index (χ0n) is 16.3. The molecule has 28 heavy (non-hydrogen) atoms. The van der Waals surface area contributed by atoms with E-state index >= 15 is 0 Å². The number of rotatable bonds is 4. The van der Waals surface area contributed by atoms with Gasteiger partial charge in [-0.15, -0.1) is 0 Å². The van der Waals surface area contributed by atoms with E-state index in [1.807, 2.05) is 35.2 Å². The highest BCUT2D eigenvalue weighted by atomic mass is 16.2. The molecule has 0 N–H and O–H groups in total. The molecule has 148 valence electrons. The molecule has 2 saturated carbocycles. The van der Waals surface area contributed by atoms with Gasteiger partial charge < -0.3 is 4.90 Å². The van der Waals surface area contributed by atoms with E-state index < -0.39 is 6.04 Å². The van der Waals surface area contributed by atoms with Crippen LogP contribution in [0.2, 0.25) is 0 Å². The van der Waals surface area contributed by atoms with Crippen molar-refractivity contribution in [1.29, 1.82) is 0 Å². The van der Waals surface area contributed by atoms with Gasteiger partial charge >= 0.3 is 0 Å². The summed E-state index contributed by atoms with van der Waals surface area (Å²) in [5.41, 5.74) is 0.999. The van der Waals surface area contributed by atoms with Crippen molar-refractivity contribution in [2.24, 2.45) is 23.7 Å². The van der Waals surface area contributed by atoms with Crippen molar-refractivity contribution in [3.8, 4) is 0 Å². The van der Waals surface area contributed by atoms with Crippen molar-refractivity contribution >= 4 is 17.7 Å². The SMILES string of the molecule is O=C([C@H](Cc1ccccc1)N1C(=O)[C@H]2[C@H]3CC[C@@H](C3)[C@@H]2C1=O)N1CCCCC1. The first-order chi connectivity index (χ1) is 13.6. The molecule has 3 amide bonds. The van der Waals surface area contributed by atoms with Crippen LogP contribution in [0.1, 0.15) is 44.1 Å². The molecule has 0 radical (unpaired) electrons. The average Bonchev–Trinajstić information content (AvgIpc) is 3.41. The maximum atomic E-state index is 13.5. The Morgan fingerprint density at radius 1 is 0.929 bits per heavy atom. The molecular weight excluding hydrogens is 352 g/mol. The van der Waals surface area contributed by atoms with Crippen LogP contribution in [0.5, 0.6) is 0 Å². The second kappa shape index (κ2) is 7.02. The molecule has 2 aliphatic carbocycles. The highest BCUT2D eigenvalue weighted by Gasteiger charge is 2.62. The van der Waals surface area contributed by atoms with E-state index in [0.717, 1.165) is 57.2 Å². The lowest BCUT2D eigenvalue weighted by molar-refractivity contribution is -0.152. The van der Waals surface area contributed by atoms with Gasteiger partial charge in [0.05, 0.1) is 11.8 Å². The molecule has 2 bridgehead atoms. The Bertz CT molecular complexity index is 758. The topological polar surface area (TPSA) is 57.7 Å². The minimum atomic E-state index is -0.689. The van der Waals surface area contributed by atoms with Gasteiger partial charge in [-0.25, -0.2) is 0 Å². The predicted octanol–water partition coefficient (Wildman–Crippen LogP) is 2.64. The lowest BCUT2D eigenvalue weighted by Crippen LogP contribution is -2.53. The summed E-state index contributed by atoms with van der Waals surface area (Å²) in [6, 6.07) is 9.10. The molecule has 2 aliphatic heterocycles. The van der Waals surface area contributed by atoms with Crippen molar-refractivity contribution in [2.75, 3.05) is 13.1 Å². The Morgan fingerprint density at radius 2 is 1.54 bits per heavy atom. The minimum Gasteiger partial charge on any atom is -0.341 e. The van der Waals surface area contributed by atoms with Crippen molar-refractivity contribution < 1.29 is 14.4 Å². The summed E-state index contributed by atoms with van der Waals surface area (Å²) in [5, 5.41) is 0. The second-order valence-electron chi connectivity index (χ2n) is 9.02. The molecule has 0 unspecified atom stereocenters. The molecule has 0 spiro atoms. The second-order valence-corrected chi connectivity index (χ2v) is 9.02. The van der Waals surface area contributed by atoms with Crippen LogP contribution in [0.3, 0.4) is 0 Å². The molecule has 5 nitrogen and oxygen atoms in total. The van der Waals surface area contributed by atoms with Gasteiger partial charge in [-0.05, 0) is 55.9 Å². The zero-order valence-corrected chi connectivity index (χ0v) is 16.3. The molecule has 4 aliphatic rings. The fourth-order valence-electron chi connectivity index (χ4n) is 6.19. The predicted molar refractivity (Wildman–Crippen MR) is 104 cm³/mol. The van der Waals surface area contributed by atoms with Crippen molar-refractivity contribution in [3.63, 3.8) is 0 Å². The van der Waals surface area contributed by atoms with Gasteiger partial charge in [0.25, 0.3) is 0 Å². The van der Waals surface area contributed by atoms with Crippen LogP contribution in [-0.4, -0.2) is 46.7 Å². The average molecular weight is 380 g/mol. The monoisotopic (exact) mass is 380 g/mol. The van der Waals surface area contributed by atoms with Gasteiger partial charge in [-0.3, -0.25) is 19.3 Å². The summed E-state index contributed by atoms with van der Waals surface area (Å²) in [4.78, 5) is 43.4. The molecular formula is C23H28N2O3. The van der Waals surface area contributed by atoms with Crippen molar-refractivity contribution in [2.45, 2.75) is 51.0 Å². The van der Waals surface area contributed by atoms with Crippen LogP contribution in [0.4, 0.5) is 0 Å². The Morgan fingerprint density at radius 3 is 2.14 bits per heavy atom. The number of benzene rings is 1. The summed E-state index contributed by atoms with van der Waals surface area (Å²) >= 11 is 0. The standard InChI is InChI=1S/C23H28N2O3/c26-21(24-11-5-2-6-12-24)18(13-15-7-3-1-4-8-15)25-22(27)19-16-9-10-17(14-16)20(19)23(25)28/h1,3-4,7-8,16-20H,2,5-6,9-14H2/t16-,17-,18-,19-,20-/m0/s1. The number of amides is 3. The first-order valence-electron chi connectivity index (χ1n) is 10.8. The summed E-state index contributed by atoms with van der Waals surface area (Å²) in [6.07, 6.45) is 6.70. The van der Waals surface area contributed by atoms with Crippen LogP contribution < -0.4 is 0 Å². The van der Waals surface area contributed by atoms with Crippen LogP contribution >= 0.6 is 0 Å². The molecule has 5 atom stereocenters. The fraction of sp³-hybridized carbons (Fsp3) is 0.609. The number of fused-ring (bicyclic) bond motifs is 5. The molecule has 2 heterocycles. The third-order valence-corrected chi connectivity index (χ3v) is 7.50. The molecule has 5 heteroatoms. The van der Waals surface area contributed by atoms with Gasteiger partial charge in [0.1, 0.15) is 6.04 Å². The highest BCUT2D eigenvalue weighted by molar-refractivity contribution is 6.09. The number of carbonyl (C=O) groups excluding carboxylic acids is 3. The third-order valence-electron chi connectivity index (χ3n) is 7.50. The van der Waals surface area contributed by atoms with E-state index in [1.54, 1.807) is 0 Å². The van der Waals surface area contributed by atoms with E-state index in [-0.39, 0.29) is 29.6 Å². The number of nitrogens with zero attached hydrogens (tertiary/aromatic N) is 2. The van der Waals surface area contributed by atoms with Crippen LogP contribution in [0.25, 0.3) is 0 Å². The molecule has 1 aromatic rings. The van der Waals surface area contributed by atoms with Crippen LogP contribution in [0.15, 0.2) is 30.3 Å². The van der Waals surface area contributed by atoms with E-state index in [0.29, 0.717) is 18.3 Å². The first-order valence-corrected chi connectivity index (χ1v) is 10.8. The number of likely N-dealkylation sites (tertiary alicyclic amines) is 2. The lowest BCUT2D eigenvalue weighted by atomic mass is 9.81. The third kappa shape index (κ3) is 2.78. The normalized spacial score (nSPS) is 32.7. The molecule has 2 saturated heterocycles. The van der Waals surface area contributed by atoms with E-state index in [9.17, 15) is 14.4 Å². The van der Waals surface area contributed by atoms with Gasteiger partial charge in [-0.1, -0.05) is 30.3 Å². The van der Waals surface area contributed by atoms with E-state index in [1.165, 1.54) is 4.90 Å². The number of hydrogen-bond donors (Lipinski definition) is 0. The summed E-state index contributed by atoms with van der Waals surface area (Å²) in [5.74, 6) is 0.162. The first kappa shape index (κ1) is 17.9. The molecule has 1 aromatic carbocycles. The highest BCUT2D eigenvalue weighted by Crippen LogP contribution is 2.56. The van der Waals surface area contributed by atoms with Gasteiger partial charge in [-0.2, -0.15) is 0 Å². The quantitative estimate of drug-likeness (QED) is 0.755. The van der Waals surface area contributed by atoms with Gasteiger partial charge in [0, 0.05) is 19.5 Å². The van der Waals surface area contributed by atoms with Gasteiger partial charge in [0.2, 0.25) is 17.7 Å². The Hall–Kier alpha value is -2.17. The number of carbonyl (C=O) groups is 3. The van der Waals surface area contributed by atoms with Crippen LogP contribution in [0, 0.1) is 23.7 Å². The fourth-order valence-corrected chi connectivity index (χ4v) is 6.19.